The van der Waals surface area contributed by atoms with Gasteiger partial charge in [0.25, 0.3) is 0 Å². The lowest BCUT2D eigenvalue weighted by molar-refractivity contribution is 0.384. The van der Waals surface area contributed by atoms with E-state index in [1.165, 1.54) is 41.9 Å². The molecule has 1 heterocycles. The zero-order valence-electron chi connectivity index (χ0n) is 11.6. The molecule has 1 nitrogen and oxygen atoms in total. The third-order valence-electron chi connectivity index (χ3n) is 4.02. The van der Waals surface area contributed by atoms with Crippen LogP contribution in [-0.2, 0) is 6.42 Å². The summed E-state index contributed by atoms with van der Waals surface area (Å²) in [6, 6.07) is 9.61. The molecule has 0 bridgehead atoms. The molecule has 0 saturated carbocycles. The second-order valence-electron chi connectivity index (χ2n) is 5.23. The number of rotatable bonds is 5. The molecule has 0 aliphatic carbocycles. The second kappa shape index (κ2) is 7.20. The predicted molar refractivity (Wildman–Crippen MR) is 82.3 cm³/mol. The van der Waals surface area contributed by atoms with E-state index in [4.69, 9.17) is 0 Å². The Labute approximate surface area is 116 Å². The van der Waals surface area contributed by atoms with Crippen LogP contribution in [0.15, 0.2) is 24.3 Å². The van der Waals surface area contributed by atoms with Crippen LogP contribution >= 0.6 is 11.8 Å². The number of thioether (sulfide) groups is 1. The summed E-state index contributed by atoms with van der Waals surface area (Å²) in [7, 11) is 2.10. The largest absolute Gasteiger partial charge is 0.313 e. The topological polar surface area (TPSA) is 12.0 Å². The number of benzene rings is 1. The average molecular weight is 263 g/mol. The second-order valence-corrected chi connectivity index (χ2v) is 6.46. The van der Waals surface area contributed by atoms with Crippen LogP contribution < -0.4 is 5.32 Å². The van der Waals surface area contributed by atoms with Crippen molar-refractivity contribution in [2.75, 3.05) is 18.6 Å². The van der Waals surface area contributed by atoms with Gasteiger partial charge in [-0.25, -0.2) is 0 Å². The van der Waals surface area contributed by atoms with Crippen LogP contribution in [0.4, 0.5) is 0 Å². The van der Waals surface area contributed by atoms with Gasteiger partial charge in [-0.3, -0.25) is 0 Å². The molecule has 100 valence electrons. The van der Waals surface area contributed by atoms with Crippen LogP contribution in [0.25, 0.3) is 0 Å². The highest BCUT2D eigenvalue weighted by Gasteiger charge is 2.19. The van der Waals surface area contributed by atoms with E-state index in [0.29, 0.717) is 6.04 Å². The van der Waals surface area contributed by atoms with E-state index >= 15 is 0 Å². The quantitative estimate of drug-likeness (QED) is 0.860. The molecule has 1 saturated heterocycles. The summed E-state index contributed by atoms with van der Waals surface area (Å²) in [4.78, 5) is 0. The predicted octanol–water partition coefficient (Wildman–Crippen LogP) is 4.04. The van der Waals surface area contributed by atoms with Crippen molar-refractivity contribution >= 4 is 11.8 Å². The molecule has 1 atom stereocenters. The van der Waals surface area contributed by atoms with Gasteiger partial charge in [0.2, 0.25) is 0 Å². The monoisotopic (exact) mass is 263 g/mol. The lowest BCUT2D eigenvalue weighted by atomic mass is 9.90. The number of hydrogen-bond donors (Lipinski definition) is 1. The van der Waals surface area contributed by atoms with Gasteiger partial charge in [0, 0.05) is 6.04 Å². The number of aryl methyl sites for hydroxylation is 1. The van der Waals surface area contributed by atoms with Crippen LogP contribution in [-0.4, -0.2) is 18.6 Å². The minimum absolute atomic E-state index is 0.532. The Kier molecular flexibility index (Phi) is 5.58. The molecule has 1 N–H and O–H groups in total. The van der Waals surface area contributed by atoms with Crippen LogP contribution in [0.2, 0.25) is 0 Å². The van der Waals surface area contributed by atoms with Crippen molar-refractivity contribution < 1.29 is 0 Å². The summed E-state index contributed by atoms with van der Waals surface area (Å²) in [5.41, 5.74) is 2.92. The maximum Gasteiger partial charge on any atom is 0.0320 e. The Morgan fingerprint density at radius 2 is 2.11 bits per heavy atom. The molecule has 0 spiro atoms. The minimum Gasteiger partial charge on any atom is -0.313 e. The summed E-state index contributed by atoms with van der Waals surface area (Å²) in [5, 5.41) is 3.51. The SMILES string of the molecule is CCc1cccc(C(CC2CCSCC2)NC)c1. The van der Waals surface area contributed by atoms with Crippen molar-refractivity contribution in [1.82, 2.24) is 5.32 Å². The lowest BCUT2D eigenvalue weighted by Crippen LogP contribution is -2.22. The van der Waals surface area contributed by atoms with E-state index in [-0.39, 0.29) is 0 Å². The Morgan fingerprint density at radius 1 is 1.33 bits per heavy atom. The number of hydrogen-bond acceptors (Lipinski definition) is 2. The molecule has 0 radical (unpaired) electrons. The van der Waals surface area contributed by atoms with Gasteiger partial charge in [-0.2, -0.15) is 11.8 Å². The van der Waals surface area contributed by atoms with Crippen molar-refractivity contribution in [2.45, 2.75) is 38.6 Å². The molecule has 1 aromatic carbocycles. The van der Waals surface area contributed by atoms with Crippen LogP contribution in [0.1, 0.15) is 43.4 Å². The van der Waals surface area contributed by atoms with Gasteiger partial charge >= 0.3 is 0 Å². The molecule has 1 aliphatic heterocycles. The molecule has 0 amide bonds. The molecule has 0 aromatic heterocycles. The molecule has 18 heavy (non-hydrogen) atoms. The highest BCUT2D eigenvalue weighted by atomic mass is 32.2. The zero-order valence-corrected chi connectivity index (χ0v) is 12.4. The number of nitrogens with one attached hydrogen (secondary N) is 1. The zero-order chi connectivity index (χ0) is 12.8. The molecular formula is C16H25NS. The first-order chi connectivity index (χ1) is 8.83. The van der Waals surface area contributed by atoms with E-state index in [0.717, 1.165) is 12.3 Å². The molecule has 1 unspecified atom stereocenters. The van der Waals surface area contributed by atoms with Crippen LogP contribution in [0, 0.1) is 5.92 Å². The molecule has 1 aromatic rings. The average Bonchev–Trinajstić information content (AvgIpc) is 2.46. The van der Waals surface area contributed by atoms with Crippen LogP contribution in [0.5, 0.6) is 0 Å². The fraction of sp³-hybridized carbons (Fsp3) is 0.625. The first-order valence-corrected chi connectivity index (χ1v) is 8.32. The third kappa shape index (κ3) is 3.76. The Bertz CT molecular complexity index is 358. The molecule has 2 rings (SSSR count). The Hall–Kier alpha value is -0.470. The molecular weight excluding hydrogens is 238 g/mol. The van der Waals surface area contributed by atoms with Gasteiger partial charge in [0.05, 0.1) is 0 Å². The third-order valence-corrected chi connectivity index (χ3v) is 5.07. The molecule has 2 heteroatoms. The smallest absolute Gasteiger partial charge is 0.0320 e. The fourth-order valence-electron chi connectivity index (χ4n) is 2.77. The fourth-order valence-corrected chi connectivity index (χ4v) is 3.97. The van der Waals surface area contributed by atoms with E-state index in [2.05, 4.69) is 55.3 Å². The maximum absolute atomic E-state index is 3.51. The van der Waals surface area contributed by atoms with Gasteiger partial charge in [-0.15, -0.1) is 0 Å². The van der Waals surface area contributed by atoms with Gasteiger partial charge in [0.1, 0.15) is 0 Å². The van der Waals surface area contributed by atoms with Gasteiger partial charge < -0.3 is 5.32 Å². The first kappa shape index (κ1) is 14.0. The van der Waals surface area contributed by atoms with E-state index in [1.807, 2.05) is 0 Å². The maximum atomic E-state index is 3.51. The molecule has 1 fully saturated rings. The van der Waals surface area contributed by atoms with Gasteiger partial charge in [-0.05, 0) is 61.3 Å². The summed E-state index contributed by atoms with van der Waals surface area (Å²) < 4.78 is 0. The van der Waals surface area contributed by atoms with Crippen molar-refractivity contribution in [3.8, 4) is 0 Å². The standard InChI is InChI=1S/C16H25NS/c1-3-13-5-4-6-15(11-13)16(17-2)12-14-7-9-18-10-8-14/h4-6,11,14,16-17H,3,7-10,12H2,1-2H3. The summed E-state index contributed by atoms with van der Waals surface area (Å²) >= 11 is 2.11. The highest BCUT2D eigenvalue weighted by Crippen LogP contribution is 2.31. The van der Waals surface area contributed by atoms with Crippen molar-refractivity contribution in [1.29, 1.82) is 0 Å². The van der Waals surface area contributed by atoms with Crippen LogP contribution in [0.3, 0.4) is 0 Å². The summed E-state index contributed by atoms with van der Waals surface area (Å²) in [6.45, 7) is 2.23. The Balaban J connectivity index is 2.02. The molecule has 1 aliphatic rings. The summed E-state index contributed by atoms with van der Waals surface area (Å²) in [6.07, 6.45) is 5.22. The lowest BCUT2D eigenvalue weighted by Gasteiger charge is -2.26. The highest BCUT2D eigenvalue weighted by molar-refractivity contribution is 7.99. The van der Waals surface area contributed by atoms with E-state index in [9.17, 15) is 0 Å². The van der Waals surface area contributed by atoms with Gasteiger partial charge in [-0.1, -0.05) is 31.2 Å². The van der Waals surface area contributed by atoms with Crippen molar-refractivity contribution in [3.63, 3.8) is 0 Å². The summed E-state index contributed by atoms with van der Waals surface area (Å²) in [5.74, 6) is 3.63. The van der Waals surface area contributed by atoms with E-state index in [1.54, 1.807) is 0 Å². The minimum atomic E-state index is 0.532. The normalized spacial score (nSPS) is 18.8. The van der Waals surface area contributed by atoms with Crippen molar-refractivity contribution in [2.24, 2.45) is 5.92 Å². The van der Waals surface area contributed by atoms with Gasteiger partial charge in [0.15, 0.2) is 0 Å². The first-order valence-electron chi connectivity index (χ1n) is 7.17. The van der Waals surface area contributed by atoms with E-state index < -0.39 is 0 Å². The Morgan fingerprint density at radius 3 is 2.78 bits per heavy atom. The van der Waals surface area contributed by atoms with Crippen molar-refractivity contribution in [3.05, 3.63) is 35.4 Å².